The lowest BCUT2D eigenvalue weighted by Gasteiger charge is -2.26. The summed E-state index contributed by atoms with van der Waals surface area (Å²) in [7, 11) is 0. The van der Waals surface area contributed by atoms with Crippen molar-refractivity contribution in [3.8, 4) is 0 Å². The maximum Gasteiger partial charge on any atom is 0.410 e. The Hall–Kier alpha value is -2.77. The number of carbonyl (C=O) groups excluding carboxylic acids is 3. The summed E-state index contributed by atoms with van der Waals surface area (Å²) in [6, 6.07) is 10.7. The Kier molecular flexibility index (Phi) is 8.58. The van der Waals surface area contributed by atoms with Gasteiger partial charge < -0.3 is 24.4 Å². The summed E-state index contributed by atoms with van der Waals surface area (Å²) in [6.07, 6.45) is 1.12. The zero-order valence-corrected chi connectivity index (χ0v) is 19.8. The Morgan fingerprint density at radius 3 is 2.33 bits per heavy atom. The Labute approximate surface area is 202 Å². The molecule has 1 aliphatic heterocycles. The number of carbonyl (C=O) groups is 3. The second kappa shape index (κ2) is 11.4. The fourth-order valence-electron chi connectivity index (χ4n) is 3.87. The van der Waals surface area contributed by atoms with Crippen LogP contribution in [0.2, 0.25) is 10.0 Å². The van der Waals surface area contributed by atoms with Crippen LogP contribution in [0, 0.1) is 5.92 Å². The minimum absolute atomic E-state index is 0.0265. The number of carboxylic acid groups (broad SMARTS) is 1. The fraction of sp³-hybridized carbons (Fsp3) is 0.375. The van der Waals surface area contributed by atoms with Gasteiger partial charge in [-0.2, -0.15) is 0 Å². The van der Waals surface area contributed by atoms with Gasteiger partial charge in [0.1, 0.15) is 6.61 Å². The molecule has 0 radical (unpaired) electrons. The van der Waals surface area contributed by atoms with Crippen molar-refractivity contribution in [1.82, 2.24) is 9.80 Å². The van der Waals surface area contributed by atoms with Crippen LogP contribution in [0.5, 0.6) is 0 Å². The van der Waals surface area contributed by atoms with E-state index >= 15 is 0 Å². The minimum atomic E-state index is -1.28. The summed E-state index contributed by atoms with van der Waals surface area (Å²) < 4.78 is 5.41. The molecule has 2 aromatic carbocycles. The lowest BCUT2D eigenvalue weighted by molar-refractivity contribution is -0.255. The monoisotopic (exact) mass is 491 g/mol. The van der Waals surface area contributed by atoms with Gasteiger partial charge in [0.2, 0.25) is 0 Å². The smallest absolute Gasteiger partial charge is 0.410 e. The number of ether oxygens (including phenoxy) is 1. The summed E-state index contributed by atoms with van der Waals surface area (Å²) in [5.41, 5.74) is 1.16. The summed E-state index contributed by atoms with van der Waals surface area (Å²) in [4.78, 5) is 39.8. The van der Waals surface area contributed by atoms with E-state index in [0.717, 1.165) is 12.8 Å². The molecule has 176 valence electrons. The van der Waals surface area contributed by atoms with Gasteiger partial charge in [0.25, 0.3) is 5.91 Å². The van der Waals surface area contributed by atoms with Crippen molar-refractivity contribution in [3.63, 3.8) is 0 Å². The van der Waals surface area contributed by atoms with Crippen LogP contribution in [0.3, 0.4) is 0 Å². The van der Waals surface area contributed by atoms with Gasteiger partial charge in [0, 0.05) is 41.8 Å². The molecule has 0 spiro atoms. The van der Waals surface area contributed by atoms with E-state index in [1.54, 1.807) is 28.0 Å². The van der Waals surface area contributed by atoms with E-state index in [9.17, 15) is 19.5 Å². The number of amides is 2. The number of hydrogen-bond donors (Lipinski definition) is 0. The zero-order valence-electron chi connectivity index (χ0n) is 18.3. The number of halogens is 2. The molecule has 2 amide bonds. The summed E-state index contributed by atoms with van der Waals surface area (Å²) in [6.45, 7) is 4.17. The quantitative estimate of drug-likeness (QED) is 0.558. The molecule has 3 rings (SSSR count). The molecule has 0 aromatic heterocycles. The van der Waals surface area contributed by atoms with Gasteiger partial charge in [0.05, 0.1) is 5.97 Å². The standard InChI is InChI=1S/C24H26Cl2N2O5/c1-2-8-27(22(29)18-3-5-19(6-4-18)23(30)31)13-16-7-9-28(14-16)24(32)33-15-17-10-20(25)12-21(26)11-17/h3-6,10-12,16H,2,7-9,13-15H2,1H3,(H,30,31)/p-1/t16-/m0/s1. The van der Waals surface area contributed by atoms with Crippen molar-refractivity contribution in [2.24, 2.45) is 5.92 Å². The molecule has 1 atom stereocenters. The topological polar surface area (TPSA) is 90.0 Å². The third kappa shape index (κ3) is 6.85. The highest BCUT2D eigenvalue weighted by atomic mass is 35.5. The SMILES string of the molecule is CCCN(C[C@@H]1CCN(C(=O)OCc2cc(Cl)cc(Cl)c2)C1)C(=O)c1ccc(C(=O)[O-])cc1. The Bertz CT molecular complexity index is 992. The van der Waals surface area contributed by atoms with Crippen molar-refractivity contribution >= 4 is 41.2 Å². The van der Waals surface area contributed by atoms with Gasteiger partial charge in [-0.25, -0.2) is 4.79 Å². The molecule has 1 heterocycles. The molecule has 7 nitrogen and oxygen atoms in total. The lowest BCUT2D eigenvalue weighted by Crippen LogP contribution is -2.37. The molecule has 9 heteroatoms. The molecule has 0 N–H and O–H groups in total. The average Bonchev–Trinajstić information content (AvgIpc) is 3.25. The van der Waals surface area contributed by atoms with E-state index in [-0.39, 0.29) is 24.0 Å². The molecule has 2 aromatic rings. The number of aromatic carboxylic acids is 1. The van der Waals surface area contributed by atoms with Crippen LogP contribution < -0.4 is 5.11 Å². The maximum absolute atomic E-state index is 13.0. The van der Waals surface area contributed by atoms with Gasteiger partial charge in [-0.15, -0.1) is 0 Å². The molecular weight excluding hydrogens is 467 g/mol. The Morgan fingerprint density at radius 1 is 1.09 bits per heavy atom. The second-order valence-corrected chi connectivity index (χ2v) is 8.92. The van der Waals surface area contributed by atoms with E-state index in [1.165, 1.54) is 24.3 Å². The van der Waals surface area contributed by atoms with Crippen LogP contribution in [0.1, 0.15) is 46.0 Å². The lowest BCUT2D eigenvalue weighted by atomic mass is 10.1. The first-order chi connectivity index (χ1) is 15.8. The van der Waals surface area contributed by atoms with Crippen LogP contribution in [0.25, 0.3) is 0 Å². The van der Waals surface area contributed by atoms with Crippen LogP contribution >= 0.6 is 23.2 Å². The van der Waals surface area contributed by atoms with Crippen molar-refractivity contribution in [2.45, 2.75) is 26.4 Å². The highest BCUT2D eigenvalue weighted by molar-refractivity contribution is 6.34. The first-order valence-corrected chi connectivity index (χ1v) is 11.5. The molecule has 1 saturated heterocycles. The van der Waals surface area contributed by atoms with Crippen molar-refractivity contribution in [2.75, 3.05) is 26.2 Å². The number of likely N-dealkylation sites (tertiary alicyclic amines) is 1. The first kappa shape index (κ1) is 24.9. The highest BCUT2D eigenvalue weighted by Gasteiger charge is 2.30. The van der Waals surface area contributed by atoms with Crippen molar-refractivity contribution in [3.05, 3.63) is 69.2 Å². The van der Waals surface area contributed by atoms with E-state index in [4.69, 9.17) is 27.9 Å². The van der Waals surface area contributed by atoms with Gasteiger partial charge in [-0.3, -0.25) is 4.79 Å². The molecule has 1 fully saturated rings. The molecule has 0 saturated carbocycles. The fourth-order valence-corrected chi connectivity index (χ4v) is 4.44. The molecule has 0 bridgehead atoms. The van der Waals surface area contributed by atoms with E-state index < -0.39 is 12.1 Å². The molecule has 0 aliphatic carbocycles. The van der Waals surface area contributed by atoms with Crippen molar-refractivity contribution in [1.29, 1.82) is 0 Å². The Morgan fingerprint density at radius 2 is 1.73 bits per heavy atom. The summed E-state index contributed by atoms with van der Waals surface area (Å²) in [5, 5.41) is 11.9. The zero-order chi connectivity index (χ0) is 24.0. The van der Waals surface area contributed by atoms with Crippen LogP contribution in [0.4, 0.5) is 4.79 Å². The number of hydrogen-bond acceptors (Lipinski definition) is 5. The number of nitrogens with zero attached hydrogens (tertiary/aromatic N) is 2. The average molecular weight is 492 g/mol. The summed E-state index contributed by atoms with van der Waals surface area (Å²) >= 11 is 12.0. The third-order valence-corrected chi connectivity index (χ3v) is 5.89. The predicted octanol–water partition coefficient (Wildman–Crippen LogP) is 3.87. The van der Waals surface area contributed by atoms with Gasteiger partial charge in [-0.05, 0) is 60.2 Å². The largest absolute Gasteiger partial charge is 0.545 e. The first-order valence-electron chi connectivity index (χ1n) is 10.7. The molecule has 1 aliphatic rings. The number of rotatable bonds is 8. The second-order valence-electron chi connectivity index (χ2n) is 8.05. The number of carboxylic acids is 1. The normalized spacial score (nSPS) is 15.4. The van der Waals surface area contributed by atoms with Crippen LogP contribution in [-0.2, 0) is 11.3 Å². The van der Waals surface area contributed by atoms with E-state index in [0.29, 0.717) is 47.4 Å². The molecular formula is C24H25Cl2N2O5-. The summed E-state index contributed by atoms with van der Waals surface area (Å²) in [5.74, 6) is -1.33. The Balaban J connectivity index is 1.55. The molecule has 0 unspecified atom stereocenters. The van der Waals surface area contributed by atoms with Crippen LogP contribution in [0.15, 0.2) is 42.5 Å². The van der Waals surface area contributed by atoms with E-state index in [2.05, 4.69) is 0 Å². The van der Waals surface area contributed by atoms with Gasteiger partial charge in [-0.1, -0.05) is 42.3 Å². The predicted molar refractivity (Wildman–Crippen MR) is 123 cm³/mol. The van der Waals surface area contributed by atoms with Crippen LogP contribution in [-0.4, -0.2) is 53.9 Å². The van der Waals surface area contributed by atoms with Crippen molar-refractivity contribution < 1.29 is 24.2 Å². The van der Waals surface area contributed by atoms with Gasteiger partial charge >= 0.3 is 6.09 Å². The number of benzene rings is 2. The minimum Gasteiger partial charge on any atom is -0.545 e. The van der Waals surface area contributed by atoms with E-state index in [1.807, 2.05) is 6.92 Å². The van der Waals surface area contributed by atoms with Gasteiger partial charge in [0.15, 0.2) is 0 Å². The highest BCUT2D eigenvalue weighted by Crippen LogP contribution is 2.22. The molecule has 33 heavy (non-hydrogen) atoms. The third-order valence-electron chi connectivity index (χ3n) is 5.46. The maximum atomic E-state index is 13.0.